The molecular formula is C23H36O5. The van der Waals surface area contributed by atoms with Gasteiger partial charge in [-0.05, 0) is 55.9 Å². The fourth-order valence-electron chi connectivity index (χ4n) is 6.45. The summed E-state index contributed by atoms with van der Waals surface area (Å²) in [6.07, 6.45) is 8.44. The number of allylic oxidation sites excluding steroid dienone is 1. The molecule has 1 spiro atoms. The van der Waals surface area contributed by atoms with Gasteiger partial charge in [-0.2, -0.15) is 0 Å². The molecule has 1 saturated heterocycles. The lowest BCUT2D eigenvalue weighted by atomic mass is 9.46. The number of carboxylic acid groups (broad SMARTS) is 1. The molecule has 0 aromatic carbocycles. The third kappa shape index (κ3) is 3.40. The van der Waals surface area contributed by atoms with E-state index in [1.54, 1.807) is 6.92 Å². The van der Waals surface area contributed by atoms with Crippen molar-refractivity contribution in [2.45, 2.75) is 97.2 Å². The van der Waals surface area contributed by atoms with Gasteiger partial charge in [-0.15, -0.1) is 0 Å². The average Bonchev–Trinajstić information content (AvgIpc) is 2.93. The summed E-state index contributed by atoms with van der Waals surface area (Å²) in [5.41, 5.74) is -0.0805. The first-order valence-corrected chi connectivity index (χ1v) is 10.8. The van der Waals surface area contributed by atoms with Crippen LogP contribution in [-0.2, 0) is 19.1 Å². The first kappa shape index (κ1) is 21.4. The van der Waals surface area contributed by atoms with Gasteiger partial charge in [0.15, 0.2) is 0 Å². The molecule has 1 N–H and O–H groups in total. The summed E-state index contributed by atoms with van der Waals surface area (Å²) in [5, 5.41) is 9.42. The van der Waals surface area contributed by atoms with E-state index in [1.807, 2.05) is 6.92 Å². The van der Waals surface area contributed by atoms with E-state index in [0.29, 0.717) is 18.8 Å². The van der Waals surface area contributed by atoms with Crippen LogP contribution in [0.1, 0.15) is 86.0 Å². The Hall–Kier alpha value is -1.36. The van der Waals surface area contributed by atoms with E-state index in [1.165, 1.54) is 6.42 Å². The molecule has 0 aromatic rings. The van der Waals surface area contributed by atoms with Crippen molar-refractivity contribution in [1.82, 2.24) is 0 Å². The Kier molecular flexibility index (Phi) is 5.46. The van der Waals surface area contributed by atoms with Gasteiger partial charge in [-0.25, -0.2) is 0 Å². The van der Waals surface area contributed by atoms with Crippen LogP contribution in [0.4, 0.5) is 0 Å². The largest absolute Gasteiger partial charge is 0.481 e. The Bertz CT molecular complexity index is 680. The lowest BCUT2D eigenvalue weighted by Crippen LogP contribution is -2.60. The number of carboxylic acids is 1. The van der Waals surface area contributed by atoms with E-state index >= 15 is 0 Å². The molecular weight excluding hydrogens is 356 g/mol. The zero-order chi connectivity index (χ0) is 20.8. The molecule has 0 radical (unpaired) electrons. The van der Waals surface area contributed by atoms with Crippen molar-refractivity contribution < 1.29 is 24.2 Å². The van der Waals surface area contributed by atoms with E-state index in [0.717, 1.165) is 31.3 Å². The van der Waals surface area contributed by atoms with Crippen molar-refractivity contribution in [1.29, 1.82) is 0 Å². The molecule has 0 unspecified atom stereocenters. The second-order valence-corrected chi connectivity index (χ2v) is 10.2. The number of rotatable bonds is 5. The monoisotopic (exact) mass is 392 g/mol. The van der Waals surface area contributed by atoms with Crippen molar-refractivity contribution in [3.8, 4) is 0 Å². The van der Waals surface area contributed by atoms with Crippen LogP contribution in [0.15, 0.2) is 11.6 Å². The molecule has 1 saturated carbocycles. The standard InChI is InChI=1S/C23H36O5/c1-6-19(26)27-15-16-8-9-17-20(2,3)10-7-11-22(17,5)23(16)13-12-21(4,28-23)14-18(24)25/h8,17H,6-7,9-15H2,1-5H3,(H,24,25)/t17-,21-,22-,23+/m0/s1. The molecule has 158 valence electrons. The van der Waals surface area contributed by atoms with Crippen LogP contribution in [0.5, 0.6) is 0 Å². The van der Waals surface area contributed by atoms with Crippen LogP contribution in [0.2, 0.25) is 0 Å². The molecule has 3 rings (SSSR count). The molecule has 4 atom stereocenters. The van der Waals surface area contributed by atoms with Crippen LogP contribution in [-0.4, -0.2) is 34.9 Å². The van der Waals surface area contributed by atoms with E-state index < -0.39 is 17.2 Å². The molecule has 1 aliphatic heterocycles. The summed E-state index contributed by atoms with van der Waals surface area (Å²) in [5.74, 6) is -0.575. The number of aliphatic carboxylic acids is 1. The molecule has 3 aliphatic rings. The highest BCUT2D eigenvalue weighted by atomic mass is 16.5. The fraction of sp³-hybridized carbons (Fsp3) is 0.826. The summed E-state index contributed by atoms with van der Waals surface area (Å²) >= 11 is 0. The second kappa shape index (κ2) is 7.16. The zero-order valence-electron chi connectivity index (χ0n) is 18.1. The smallest absolute Gasteiger partial charge is 0.306 e. The van der Waals surface area contributed by atoms with Gasteiger partial charge in [0.1, 0.15) is 6.61 Å². The predicted molar refractivity (Wildman–Crippen MR) is 107 cm³/mol. The molecule has 2 fully saturated rings. The van der Waals surface area contributed by atoms with Crippen LogP contribution < -0.4 is 0 Å². The van der Waals surface area contributed by atoms with Crippen molar-refractivity contribution in [3.05, 3.63) is 11.6 Å². The van der Waals surface area contributed by atoms with Crippen molar-refractivity contribution in [2.75, 3.05) is 6.61 Å². The lowest BCUT2D eigenvalue weighted by Gasteiger charge is -2.61. The first-order valence-electron chi connectivity index (χ1n) is 10.8. The summed E-state index contributed by atoms with van der Waals surface area (Å²) in [4.78, 5) is 23.3. The number of carbonyl (C=O) groups is 2. The summed E-state index contributed by atoms with van der Waals surface area (Å²) < 4.78 is 12.3. The van der Waals surface area contributed by atoms with E-state index in [2.05, 4.69) is 26.8 Å². The Labute approximate surface area is 168 Å². The SMILES string of the molecule is CCC(=O)OCC1=CC[C@H]2C(C)(C)CCC[C@]2(C)[C@@]12CC[C@@](C)(CC(=O)O)O2. The van der Waals surface area contributed by atoms with Crippen molar-refractivity contribution in [3.63, 3.8) is 0 Å². The van der Waals surface area contributed by atoms with Crippen LogP contribution >= 0.6 is 0 Å². The first-order chi connectivity index (χ1) is 13.0. The van der Waals surface area contributed by atoms with Crippen LogP contribution in [0, 0.1) is 16.7 Å². The molecule has 0 bridgehead atoms. The molecule has 0 amide bonds. The van der Waals surface area contributed by atoms with E-state index in [-0.39, 0.29) is 29.8 Å². The molecule has 5 nitrogen and oxygen atoms in total. The van der Waals surface area contributed by atoms with Gasteiger partial charge in [0.2, 0.25) is 0 Å². The minimum Gasteiger partial charge on any atom is -0.481 e. The topological polar surface area (TPSA) is 72.8 Å². The Balaban J connectivity index is 2.01. The Morgan fingerprint density at radius 2 is 1.89 bits per heavy atom. The highest BCUT2D eigenvalue weighted by Gasteiger charge is 2.65. The Morgan fingerprint density at radius 3 is 2.54 bits per heavy atom. The van der Waals surface area contributed by atoms with Gasteiger partial charge in [0.25, 0.3) is 0 Å². The van der Waals surface area contributed by atoms with Gasteiger partial charge in [0.05, 0.1) is 17.6 Å². The number of fused-ring (bicyclic) bond motifs is 2. The third-order valence-corrected chi connectivity index (χ3v) is 7.90. The van der Waals surface area contributed by atoms with Crippen LogP contribution in [0.3, 0.4) is 0 Å². The number of ether oxygens (including phenoxy) is 2. The molecule has 5 heteroatoms. The lowest BCUT2D eigenvalue weighted by molar-refractivity contribution is -0.196. The highest BCUT2D eigenvalue weighted by molar-refractivity contribution is 5.69. The molecule has 1 heterocycles. The summed E-state index contributed by atoms with van der Waals surface area (Å²) in [6, 6.07) is 0. The number of carbonyl (C=O) groups excluding carboxylic acids is 1. The third-order valence-electron chi connectivity index (χ3n) is 7.90. The maximum atomic E-state index is 11.8. The predicted octanol–water partition coefficient (Wildman–Crippen LogP) is 4.88. The second-order valence-electron chi connectivity index (χ2n) is 10.2. The van der Waals surface area contributed by atoms with Gasteiger partial charge >= 0.3 is 11.9 Å². The van der Waals surface area contributed by atoms with Gasteiger partial charge < -0.3 is 14.6 Å². The average molecular weight is 393 g/mol. The normalized spacial score (nSPS) is 39.3. The summed E-state index contributed by atoms with van der Waals surface area (Å²) in [6.45, 7) is 11.0. The molecule has 0 aromatic heterocycles. The highest BCUT2D eigenvalue weighted by Crippen LogP contribution is 2.66. The minimum atomic E-state index is -0.830. The van der Waals surface area contributed by atoms with E-state index in [4.69, 9.17) is 9.47 Å². The van der Waals surface area contributed by atoms with Gasteiger partial charge in [0, 0.05) is 11.8 Å². The molecule has 28 heavy (non-hydrogen) atoms. The summed E-state index contributed by atoms with van der Waals surface area (Å²) in [7, 11) is 0. The fourth-order valence-corrected chi connectivity index (χ4v) is 6.45. The van der Waals surface area contributed by atoms with E-state index in [9.17, 15) is 14.7 Å². The van der Waals surface area contributed by atoms with Crippen molar-refractivity contribution in [2.24, 2.45) is 16.7 Å². The zero-order valence-corrected chi connectivity index (χ0v) is 18.1. The Morgan fingerprint density at radius 1 is 1.18 bits per heavy atom. The number of hydrogen-bond acceptors (Lipinski definition) is 4. The quantitative estimate of drug-likeness (QED) is 0.533. The maximum absolute atomic E-state index is 11.8. The number of esters is 1. The maximum Gasteiger partial charge on any atom is 0.306 e. The van der Waals surface area contributed by atoms with Crippen LogP contribution in [0.25, 0.3) is 0 Å². The number of hydrogen-bond donors (Lipinski definition) is 1. The van der Waals surface area contributed by atoms with Crippen molar-refractivity contribution >= 4 is 11.9 Å². The molecule has 2 aliphatic carbocycles. The van der Waals surface area contributed by atoms with Gasteiger partial charge in [-0.3, -0.25) is 9.59 Å². The minimum absolute atomic E-state index is 0.000910. The van der Waals surface area contributed by atoms with Gasteiger partial charge in [-0.1, -0.05) is 40.2 Å².